The second-order valence-electron chi connectivity index (χ2n) is 4.67. The highest BCUT2D eigenvalue weighted by molar-refractivity contribution is 9.10. The molecular formula is C15H20BrN3O. The number of ether oxygens (including phenoxy) is 1. The predicted octanol–water partition coefficient (Wildman–Crippen LogP) is 3.50. The lowest BCUT2D eigenvalue weighted by Gasteiger charge is -2.09. The number of halogens is 1. The molecule has 0 amide bonds. The van der Waals surface area contributed by atoms with E-state index in [4.69, 9.17) is 4.74 Å². The Kier molecular flexibility index (Phi) is 5.20. The molecule has 1 aromatic carbocycles. The summed E-state index contributed by atoms with van der Waals surface area (Å²) in [6.45, 7) is 3.48. The van der Waals surface area contributed by atoms with Gasteiger partial charge in [0.25, 0.3) is 0 Å². The molecule has 5 heteroatoms. The van der Waals surface area contributed by atoms with Crippen molar-refractivity contribution >= 4 is 21.6 Å². The van der Waals surface area contributed by atoms with E-state index in [1.165, 1.54) is 0 Å². The Bertz CT molecular complexity index is 580. The first-order valence-corrected chi connectivity index (χ1v) is 7.47. The quantitative estimate of drug-likeness (QED) is 0.876. The predicted molar refractivity (Wildman–Crippen MR) is 84.8 cm³/mol. The summed E-state index contributed by atoms with van der Waals surface area (Å²) < 4.78 is 8.18. The Morgan fingerprint density at radius 2 is 2.20 bits per heavy atom. The maximum absolute atomic E-state index is 5.15. The maximum Gasteiger partial charge on any atom is 0.0767 e. The average molecular weight is 338 g/mol. The van der Waals surface area contributed by atoms with Crippen LogP contribution in [0.1, 0.15) is 23.9 Å². The van der Waals surface area contributed by atoms with Gasteiger partial charge in [-0.2, -0.15) is 5.10 Å². The normalized spacial score (nSPS) is 10.8. The van der Waals surface area contributed by atoms with Crippen LogP contribution in [0.5, 0.6) is 0 Å². The number of hydrogen-bond acceptors (Lipinski definition) is 3. The van der Waals surface area contributed by atoms with Gasteiger partial charge in [0.2, 0.25) is 0 Å². The van der Waals surface area contributed by atoms with Gasteiger partial charge in [0, 0.05) is 19.8 Å². The van der Waals surface area contributed by atoms with Gasteiger partial charge in [-0.1, -0.05) is 19.1 Å². The fourth-order valence-corrected chi connectivity index (χ4v) is 2.89. The van der Waals surface area contributed by atoms with Crippen LogP contribution in [0.15, 0.2) is 28.7 Å². The Labute approximate surface area is 128 Å². The van der Waals surface area contributed by atoms with E-state index in [1.54, 1.807) is 7.11 Å². The monoisotopic (exact) mass is 337 g/mol. The smallest absolute Gasteiger partial charge is 0.0767 e. The number of hydrogen-bond donors (Lipinski definition) is 1. The van der Waals surface area contributed by atoms with Gasteiger partial charge in [-0.15, -0.1) is 0 Å². The second-order valence-corrected chi connectivity index (χ2v) is 5.46. The van der Waals surface area contributed by atoms with E-state index >= 15 is 0 Å². The highest BCUT2D eigenvalue weighted by atomic mass is 79.9. The van der Waals surface area contributed by atoms with Crippen molar-refractivity contribution < 1.29 is 4.74 Å². The van der Waals surface area contributed by atoms with Gasteiger partial charge in [-0.3, -0.25) is 4.68 Å². The van der Waals surface area contributed by atoms with Gasteiger partial charge in [-0.05, 0) is 40.0 Å². The summed E-state index contributed by atoms with van der Waals surface area (Å²) in [5.74, 6) is 0. The van der Waals surface area contributed by atoms with Crippen LogP contribution in [0.2, 0.25) is 0 Å². The number of aromatic nitrogens is 2. The zero-order valence-electron chi connectivity index (χ0n) is 12.1. The standard InChI is InChI=1S/C15H20BrN3O/c1-4-13-15(16)14(19(2)18-13)9-17-12-7-5-6-11(8-12)10-20-3/h5-8,17H,4,9-10H2,1-3H3. The van der Waals surface area contributed by atoms with Gasteiger partial charge < -0.3 is 10.1 Å². The summed E-state index contributed by atoms with van der Waals surface area (Å²) in [5, 5.41) is 7.93. The van der Waals surface area contributed by atoms with Crippen molar-refractivity contribution in [1.82, 2.24) is 9.78 Å². The highest BCUT2D eigenvalue weighted by Crippen LogP contribution is 2.22. The van der Waals surface area contributed by atoms with E-state index in [0.717, 1.165) is 40.1 Å². The van der Waals surface area contributed by atoms with E-state index in [-0.39, 0.29) is 0 Å². The van der Waals surface area contributed by atoms with E-state index in [2.05, 4.69) is 51.5 Å². The van der Waals surface area contributed by atoms with Crippen LogP contribution in [0, 0.1) is 0 Å². The van der Waals surface area contributed by atoms with Crippen molar-refractivity contribution in [2.45, 2.75) is 26.5 Å². The zero-order valence-corrected chi connectivity index (χ0v) is 13.7. The fraction of sp³-hybridized carbons (Fsp3) is 0.400. The minimum absolute atomic E-state index is 0.630. The molecule has 0 spiro atoms. The van der Waals surface area contributed by atoms with Crippen molar-refractivity contribution in [2.24, 2.45) is 7.05 Å². The molecule has 1 N–H and O–H groups in total. The number of rotatable bonds is 6. The summed E-state index contributed by atoms with van der Waals surface area (Å²) in [4.78, 5) is 0. The number of aryl methyl sites for hydroxylation is 2. The molecule has 0 aliphatic heterocycles. The van der Waals surface area contributed by atoms with E-state index in [9.17, 15) is 0 Å². The third kappa shape index (κ3) is 3.41. The first kappa shape index (κ1) is 15.1. The second kappa shape index (κ2) is 6.90. The highest BCUT2D eigenvalue weighted by Gasteiger charge is 2.11. The molecule has 20 heavy (non-hydrogen) atoms. The summed E-state index contributed by atoms with van der Waals surface area (Å²) in [7, 11) is 3.68. The molecule has 0 radical (unpaired) electrons. The van der Waals surface area contributed by atoms with Crippen molar-refractivity contribution in [1.29, 1.82) is 0 Å². The number of benzene rings is 1. The molecule has 1 heterocycles. The number of nitrogens with one attached hydrogen (secondary N) is 1. The van der Waals surface area contributed by atoms with Crippen LogP contribution >= 0.6 is 15.9 Å². The lowest BCUT2D eigenvalue weighted by molar-refractivity contribution is 0.185. The molecule has 0 fully saturated rings. The molecule has 0 bridgehead atoms. The van der Waals surface area contributed by atoms with Crippen molar-refractivity contribution in [3.63, 3.8) is 0 Å². The summed E-state index contributed by atoms with van der Waals surface area (Å²) in [6, 6.07) is 8.26. The minimum atomic E-state index is 0.630. The van der Waals surface area contributed by atoms with Crippen molar-refractivity contribution in [2.75, 3.05) is 12.4 Å². The van der Waals surface area contributed by atoms with Gasteiger partial charge in [0.1, 0.15) is 0 Å². The first-order chi connectivity index (χ1) is 9.65. The van der Waals surface area contributed by atoms with Gasteiger partial charge in [0.05, 0.1) is 29.0 Å². The van der Waals surface area contributed by atoms with Crippen LogP contribution in [-0.4, -0.2) is 16.9 Å². The van der Waals surface area contributed by atoms with Crippen molar-refractivity contribution in [3.8, 4) is 0 Å². The SMILES string of the molecule is CCc1nn(C)c(CNc2cccc(COC)c2)c1Br. The molecule has 0 saturated heterocycles. The summed E-state index contributed by atoms with van der Waals surface area (Å²) in [6.07, 6.45) is 0.928. The van der Waals surface area contributed by atoms with Crippen LogP contribution in [0.4, 0.5) is 5.69 Å². The van der Waals surface area contributed by atoms with Crippen molar-refractivity contribution in [3.05, 3.63) is 45.7 Å². The Morgan fingerprint density at radius 3 is 2.85 bits per heavy atom. The fourth-order valence-electron chi connectivity index (χ4n) is 2.14. The topological polar surface area (TPSA) is 39.1 Å². The lowest BCUT2D eigenvalue weighted by atomic mass is 10.2. The van der Waals surface area contributed by atoms with Gasteiger partial charge in [0.15, 0.2) is 0 Å². The first-order valence-electron chi connectivity index (χ1n) is 6.67. The minimum Gasteiger partial charge on any atom is -0.380 e. The van der Waals surface area contributed by atoms with E-state index in [0.29, 0.717) is 6.61 Å². The Balaban J connectivity index is 2.09. The van der Waals surface area contributed by atoms with Crippen LogP contribution in [0.3, 0.4) is 0 Å². The molecule has 4 nitrogen and oxygen atoms in total. The van der Waals surface area contributed by atoms with Gasteiger partial charge in [-0.25, -0.2) is 0 Å². The van der Waals surface area contributed by atoms with Gasteiger partial charge >= 0.3 is 0 Å². The molecule has 0 aliphatic carbocycles. The van der Waals surface area contributed by atoms with Crippen LogP contribution in [0.25, 0.3) is 0 Å². The molecule has 108 valence electrons. The molecule has 0 atom stereocenters. The average Bonchev–Trinajstić information content (AvgIpc) is 2.72. The molecular weight excluding hydrogens is 318 g/mol. The summed E-state index contributed by atoms with van der Waals surface area (Å²) >= 11 is 3.63. The third-order valence-electron chi connectivity index (χ3n) is 3.20. The molecule has 0 unspecified atom stereocenters. The van der Waals surface area contributed by atoms with Crippen LogP contribution < -0.4 is 5.32 Å². The molecule has 0 saturated carbocycles. The number of nitrogens with zero attached hydrogens (tertiary/aromatic N) is 2. The third-order valence-corrected chi connectivity index (χ3v) is 4.12. The maximum atomic E-state index is 5.15. The lowest BCUT2D eigenvalue weighted by Crippen LogP contribution is -2.06. The van der Waals surface area contributed by atoms with Crippen LogP contribution in [-0.2, 0) is 31.4 Å². The van der Waals surface area contributed by atoms with E-state index < -0.39 is 0 Å². The molecule has 0 aliphatic rings. The number of anilines is 1. The molecule has 2 aromatic rings. The Hall–Kier alpha value is -1.33. The van der Waals surface area contributed by atoms with E-state index in [1.807, 2.05) is 17.8 Å². The zero-order chi connectivity index (χ0) is 14.5. The Morgan fingerprint density at radius 1 is 1.40 bits per heavy atom. The number of methoxy groups -OCH3 is 1. The molecule has 1 aromatic heterocycles. The largest absolute Gasteiger partial charge is 0.380 e. The summed E-state index contributed by atoms with van der Waals surface area (Å²) in [5.41, 5.74) is 4.50. The molecule has 2 rings (SSSR count).